The second-order valence-electron chi connectivity index (χ2n) is 6.87. The van der Waals surface area contributed by atoms with Gasteiger partial charge < -0.3 is 10.3 Å². The molecule has 0 radical (unpaired) electrons. The van der Waals surface area contributed by atoms with Crippen LogP contribution in [0.3, 0.4) is 0 Å². The van der Waals surface area contributed by atoms with Crippen molar-refractivity contribution in [2.24, 2.45) is 0 Å². The Balaban J connectivity index is 1.64. The van der Waals surface area contributed by atoms with Gasteiger partial charge in [0.15, 0.2) is 5.13 Å². The number of aromatic amines is 1. The van der Waals surface area contributed by atoms with Gasteiger partial charge in [-0.2, -0.15) is 0 Å². The molecule has 3 rings (SSSR count). The fourth-order valence-electron chi connectivity index (χ4n) is 2.34. The van der Waals surface area contributed by atoms with Gasteiger partial charge in [0, 0.05) is 23.6 Å². The maximum absolute atomic E-state index is 12.1. The van der Waals surface area contributed by atoms with Gasteiger partial charge in [-0.3, -0.25) is 9.59 Å². The number of rotatable bonds is 4. The zero-order chi connectivity index (χ0) is 18.0. The molecule has 0 unspecified atom stereocenters. The molecule has 2 aromatic heterocycles. The van der Waals surface area contributed by atoms with Crippen LogP contribution in [0.4, 0.5) is 5.13 Å². The summed E-state index contributed by atoms with van der Waals surface area (Å²) in [5.74, 6) is 0.360. The number of H-pyrrole nitrogens is 1. The summed E-state index contributed by atoms with van der Waals surface area (Å²) in [7, 11) is 0. The molecule has 0 bridgehead atoms. The maximum Gasteiger partial charge on any atom is 0.258 e. The monoisotopic (exact) mass is 356 g/mol. The second-order valence-corrected chi connectivity index (χ2v) is 7.72. The van der Waals surface area contributed by atoms with Crippen molar-refractivity contribution in [1.29, 1.82) is 0 Å². The van der Waals surface area contributed by atoms with Crippen molar-refractivity contribution < 1.29 is 4.79 Å². The highest BCUT2D eigenvalue weighted by molar-refractivity contribution is 7.13. The lowest BCUT2D eigenvalue weighted by molar-refractivity contribution is -0.116. The number of para-hydroxylation sites is 1. The van der Waals surface area contributed by atoms with Gasteiger partial charge in [-0.15, -0.1) is 11.3 Å². The van der Waals surface area contributed by atoms with Gasteiger partial charge >= 0.3 is 0 Å². The first-order valence-electron chi connectivity index (χ1n) is 8.07. The fraction of sp³-hybridized carbons (Fsp3) is 0.333. The molecule has 0 saturated heterocycles. The molecule has 2 heterocycles. The molecule has 3 aromatic rings. The molecule has 0 fully saturated rings. The van der Waals surface area contributed by atoms with E-state index in [0.29, 0.717) is 28.3 Å². The van der Waals surface area contributed by atoms with Gasteiger partial charge in [0.1, 0.15) is 5.82 Å². The number of thiazole rings is 1. The van der Waals surface area contributed by atoms with Crippen LogP contribution < -0.4 is 10.9 Å². The van der Waals surface area contributed by atoms with Crippen LogP contribution >= 0.6 is 11.3 Å². The quantitative estimate of drug-likeness (QED) is 0.751. The normalized spacial score (nSPS) is 11.6. The number of benzene rings is 1. The zero-order valence-corrected chi connectivity index (χ0v) is 15.2. The summed E-state index contributed by atoms with van der Waals surface area (Å²) in [4.78, 5) is 35.7. The largest absolute Gasteiger partial charge is 0.310 e. The first kappa shape index (κ1) is 17.3. The van der Waals surface area contributed by atoms with Crippen molar-refractivity contribution in [2.45, 2.75) is 39.0 Å². The molecule has 7 heteroatoms. The number of hydrogen-bond acceptors (Lipinski definition) is 5. The molecule has 0 aliphatic heterocycles. The minimum absolute atomic E-state index is 0.0476. The van der Waals surface area contributed by atoms with Crippen molar-refractivity contribution in [1.82, 2.24) is 15.0 Å². The molecule has 0 aliphatic carbocycles. The van der Waals surface area contributed by atoms with Crippen LogP contribution in [0.1, 0.15) is 38.7 Å². The third-order valence-corrected chi connectivity index (χ3v) is 4.53. The smallest absolute Gasteiger partial charge is 0.258 e. The molecule has 25 heavy (non-hydrogen) atoms. The minimum atomic E-state index is -0.184. The van der Waals surface area contributed by atoms with Crippen LogP contribution in [-0.4, -0.2) is 20.9 Å². The molecular weight excluding hydrogens is 336 g/mol. The fourth-order valence-corrected chi connectivity index (χ4v) is 3.30. The number of nitrogens with one attached hydrogen (secondary N) is 2. The molecule has 0 aliphatic rings. The number of amides is 1. The molecule has 6 nitrogen and oxygen atoms in total. The predicted octanol–water partition coefficient (Wildman–Crippen LogP) is 3.25. The van der Waals surface area contributed by atoms with Gasteiger partial charge in [-0.1, -0.05) is 32.9 Å². The highest BCUT2D eigenvalue weighted by Gasteiger charge is 2.18. The maximum atomic E-state index is 12.1. The topological polar surface area (TPSA) is 87.7 Å². The predicted molar refractivity (Wildman–Crippen MR) is 100 cm³/mol. The molecule has 1 aromatic carbocycles. The summed E-state index contributed by atoms with van der Waals surface area (Å²) in [6.07, 6.45) is 0.592. The highest BCUT2D eigenvalue weighted by Crippen LogP contribution is 2.26. The molecular formula is C18H20N4O2S. The van der Waals surface area contributed by atoms with E-state index in [1.165, 1.54) is 11.3 Å². The lowest BCUT2D eigenvalue weighted by Crippen LogP contribution is -2.16. The van der Waals surface area contributed by atoms with Gasteiger partial charge in [0.05, 0.1) is 16.6 Å². The number of hydrogen-bond donors (Lipinski definition) is 2. The zero-order valence-electron chi connectivity index (χ0n) is 14.4. The molecule has 130 valence electrons. The van der Waals surface area contributed by atoms with Crippen LogP contribution in [0, 0.1) is 0 Å². The van der Waals surface area contributed by atoms with Crippen molar-refractivity contribution in [3.8, 4) is 0 Å². The van der Waals surface area contributed by atoms with E-state index in [-0.39, 0.29) is 23.3 Å². The van der Waals surface area contributed by atoms with Crippen LogP contribution in [0.15, 0.2) is 34.4 Å². The third-order valence-electron chi connectivity index (χ3n) is 3.77. The summed E-state index contributed by atoms with van der Waals surface area (Å²) in [5, 5.41) is 5.90. The Hall–Kier alpha value is -2.54. The van der Waals surface area contributed by atoms with Crippen LogP contribution in [0.25, 0.3) is 10.9 Å². The van der Waals surface area contributed by atoms with Gasteiger partial charge in [-0.05, 0) is 12.1 Å². The molecule has 0 saturated carbocycles. The van der Waals surface area contributed by atoms with E-state index >= 15 is 0 Å². The number of aryl methyl sites for hydroxylation is 1. The number of fused-ring (bicyclic) bond motifs is 1. The Morgan fingerprint density at radius 1 is 1.24 bits per heavy atom. The van der Waals surface area contributed by atoms with Gasteiger partial charge in [0.2, 0.25) is 5.91 Å². The average molecular weight is 356 g/mol. The number of aromatic nitrogens is 3. The molecule has 2 N–H and O–H groups in total. The summed E-state index contributed by atoms with van der Waals surface area (Å²) in [6.45, 7) is 6.24. The molecule has 0 spiro atoms. The summed E-state index contributed by atoms with van der Waals surface area (Å²) >= 11 is 1.41. The van der Waals surface area contributed by atoms with Gasteiger partial charge in [-0.25, -0.2) is 9.97 Å². The molecule has 1 amide bonds. The second kappa shape index (κ2) is 6.76. The molecule has 0 atom stereocenters. The highest BCUT2D eigenvalue weighted by atomic mass is 32.1. The third kappa shape index (κ3) is 4.11. The van der Waals surface area contributed by atoms with E-state index in [2.05, 4.69) is 41.0 Å². The first-order chi connectivity index (χ1) is 11.8. The lowest BCUT2D eigenvalue weighted by atomic mass is 9.93. The van der Waals surface area contributed by atoms with E-state index in [1.807, 2.05) is 11.4 Å². The average Bonchev–Trinajstić information content (AvgIpc) is 3.02. The van der Waals surface area contributed by atoms with E-state index in [0.717, 1.165) is 5.69 Å². The van der Waals surface area contributed by atoms with Crippen LogP contribution in [0.2, 0.25) is 0 Å². The number of carbonyl (C=O) groups excluding carboxylic acids is 1. The Bertz CT molecular complexity index is 969. The van der Waals surface area contributed by atoms with E-state index in [4.69, 9.17) is 0 Å². The van der Waals surface area contributed by atoms with E-state index in [9.17, 15) is 9.59 Å². The van der Waals surface area contributed by atoms with Crippen molar-refractivity contribution in [3.05, 3.63) is 51.5 Å². The summed E-state index contributed by atoms with van der Waals surface area (Å²) in [6, 6.07) is 7.15. The Morgan fingerprint density at radius 2 is 2.00 bits per heavy atom. The van der Waals surface area contributed by atoms with Crippen molar-refractivity contribution in [3.63, 3.8) is 0 Å². The van der Waals surface area contributed by atoms with E-state index in [1.54, 1.807) is 18.2 Å². The summed E-state index contributed by atoms with van der Waals surface area (Å²) < 4.78 is 0. The standard InChI is InChI=1S/C18H20N4O2S/c1-18(2,3)13-10-25-17(20-13)22-15(23)9-8-14-19-12-7-5-4-6-11(12)16(24)21-14/h4-7,10H,8-9H2,1-3H3,(H,19,21,24)(H,20,22,23). The number of carbonyl (C=O) groups is 1. The minimum Gasteiger partial charge on any atom is -0.310 e. The van der Waals surface area contributed by atoms with Crippen molar-refractivity contribution >= 4 is 33.3 Å². The van der Waals surface area contributed by atoms with Gasteiger partial charge in [0.25, 0.3) is 5.56 Å². The Kier molecular flexibility index (Phi) is 4.67. The number of nitrogens with zero attached hydrogens (tertiary/aromatic N) is 2. The van der Waals surface area contributed by atoms with Crippen molar-refractivity contribution in [2.75, 3.05) is 5.32 Å². The number of anilines is 1. The Morgan fingerprint density at radius 3 is 2.72 bits per heavy atom. The summed E-state index contributed by atoms with van der Waals surface area (Å²) in [5.41, 5.74) is 1.36. The lowest BCUT2D eigenvalue weighted by Gasteiger charge is -2.14. The van der Waals surface area contributed by atoms with E-state index < -0.39 is 0 Å². The van der Waals surface area contributed by atoms with Crippen LogP contribution in [0.5, 0.6) is 0 Å². The SMILES string of the molecule is CC(C)(C)c1csc(NC(=O)CCc2nc3ccccc3c(=O)[nH]2)n1. The van der Waals surface area contributed by atoms with Crippen LogP contribution in [-0.2, 0) is 16.6 Å². The first-order valence-corrected chi connectivity index (χ1v) is 8.95. The Labute approximate surface area is 149 Å².